The van der Waals surface area contributed by atoms with Gasteiger partial charge in [0.25, 0.3) is 0 Å². The third kappa shape index (κ3) is 5.54. The highest BCUT2D eigenvalue weighted by Gasteiger charge is 2.15. The number of imide groups is 1. The van der Waals surface area contributed by atoms with Crippen LogP contribution in [0.5, 0.6) is 5.75 Å². The molecule has 1 aromatic heterocycles. The molecule has 0 aliphatic carbocycles. The summed E-state index contributed by atoms with van der Waals surface area (Å²) in [6.07, 6.45) is 0. The van der Waals surface area contributed by atoms with Crippen molar-refractivity contribution in [1.29, 1.82) is 0 Å². The van der Waals surface area contributed by atoms with Crippen molar-refractivity contribution in [3.8, 4) is 17.1 Å². The van der Waals surface area contributed by atoms with Gasteiger partial charge in [-0.15, -0.1) is 10.2 Å². The van der Waals surface area contributed by atoms with Crippen LogP contribution >= 0.6 is 11.8 Å². The molecule has 2 aromatic carbocycles. The molecule has 31 heavy (non-hydrogen) atoms. The zero-order chi connectivity index (χ0) is 22.4. The molecule has 162 valence electrons. The number of carbonyl (C=O) groups excluding carboxylic acids is 2. The standard InChI is InChI=1S/C21H24N6O3S/c1-4-30-16-10-8-15(9-11-16)19-25-26-21(27(19)22)31-12-18(28)24-20(29)23-17-7-5-6-13(2)14(17)3/h5-11H,4,12,22H2,1-3H3,(H2,23,24,28,29). The first-order valence-electron chi connectivity index (χ1n) is 9.62. The average Bonchev–Trinajstić information content (AvgIpc) is 3.11. The molecule has 0 spiro atoms. The fourth-order valence-corrected chi connectivity index (χ4v) is 3.43. The summed E-state index contributed by atoms with van der Waals surface area (Å²) in [5.41, 5.74) is 3.41. The van der Waals surface area contributed by atoms with Crippen LogP contribution in [0.25, 0.3) is 11.4 Å². The van der Waals surface area contributed by atoms with Gasteiger partial charge < -0.3 is 15.9 Å². The number of amides is 3. The minimum absolute atomic E-state index is 0.0428. The van der Waals surface area contributed by atoms with Crippen molar-refractivity contribution in [3.63, 3.8) is 0 Å². The van der Waals surface area contributed by atoms with Crippen LogP contribution in [0, 0.1) is 13.8 Å². The van der Waals surface area contributed by atoms with E-state index in [1.54, 1.807) is 6.07 Å². The molecule has 3 aromatic rings. The maximum absolute atomic E-state index is 12.2. The predicted octanol–water partition coefficient (Wildman–Crippen LogP) is 3.11. The second kappa shape index (κ2) is 9.98. The number of hydrogen-bond donors (Lipinski definition) is 3. The summed E-state index contributed by atoms with van der Waals surface area (Å²) in [5, 5.41) is 13.5. The second-order valence-electron chi connectivity index (χ2n) is 6.67. The Kier molecular flexibility index (Phi) is 7.14. The van der Waals surface area contributed by atoms with Crippen LogP contribution in [-0.4, -0.2) is 39.2 Å². The Morgan fingerprint density at radius 2 is 1.87 bits per heavy atom. The molecule has 0 fully saturated rings. The molecule has 10 heteroatoms. The number of thioether (sulfide) groups is 1. The fraction of sp³-hybridized carbons (Fsp3) is 0.238. The number of urea groups is 1. The summed E-state index contributed by atoms with van der Waals surface area (Å²) in [7, 11) is 0. The SMILES string of the molecule is CCOc1ccc(-c2nnc(SCC(=O)NC(=O)Nc3cccc(C)c3C)n2N)cc1. The van der Waals surface area contributed by atoms with Gasteiger partial charge in [-0.2, -0.15) is 0 Å². The summed E-state index contributed by atoms with van der Waals surface area (Å²) in [6, 6.07) is 12.3. The smallest absolute Gasteiger partial charge is 0.325 e. The van der Waals surface area contributed by atoms with Gasteiger partial charge in [-0.1, -0.05) is 23.9 Å². The lowest BCUT2D eigenvalue weighted by molar-refractivity contribution is -0.117. The lowest BCUT2D eigenvalue weighted by atomic mass is 10.1. The van der Waals surface area contributed by atoms with Gasteiger partial charge in [0.05, 0.1) is 12.4 Å². The highest BCUT2D eigenvalue weighted by Crippen LogP contribution is 2.23. The van der Waals surface area contributed by atoms with Crippen LogP contribution < -0.4 is 21.2 Å². The number of nitrogen functional groups attached to an aromatic ring is 1. The molecular weight excluding hydrogens is 416 g/mol. The molecule has 4 N–H and O–H groups in total. The van der Waals surface area contributed by atoms with E-state index in [0.717, 1.165) is 34.2 Å². The van der Waals surface area contributed by atoms with Gasteiger partial charge in [0, 0.05) is 11.3 Å². The predicted molar refractivity (Wildman–Crippen MR) is 121 cm³/mol. The minimum atomic E-state index is -0.594. The number of benzene rings is 2. The summed E-state index contributed by atoms with van der Waals surface area (Å²) in [5.74, 6) is 6.77. The summed E-state index contributed by atoms with van der Waals surface area (Å²) >= 11 is 1.08. The Balaban J connectivity index is 1.55. The number of rotatable bonds is 7. The van der Waals surface area contributed by atoms with E-state index < -0.39 is 11.9 Å². The molecule has 9 nitrogen and oxygen atoms in total. The lowest BCUT2D eigenvalue weighted by Gasteiger charge is -2.10. The summed E-state index contributed by atoms with van der Waals surface area (Å²) in [6.45, 7) is 6.35. The molecule has 0 radical (unpaired) electrons. The lowest BCUT2D eigenvalue weighted by Crippen LogP contribution is -2.35. The minimum Gasteiger partial charge on any atom is -0.494 e. The van der Waals surface area contributed by atoms with Crippen molar-refractivity contribution in [2.45, 2.75) is 25.9 Å². The first kappa shape index (κ1) is 22.2. The summed E-state index contributed by atoms with van der Waals surface area (Å²) < 4.78 is 6.73. The van der Waals surface area contributed by atoms with Gasteiger partial charge in [-0.05, 0) is 62.2 Å². The number of nitrogens with zero attached hydrogens (tertiary/aromatic N) is 3. The number of nitrogens with two attached hydrogens (primary N) is 1. The number of carbonyl (C=O) groups is 2. The molecular formula is C21H24N6O3S. The van der Waals surface area contributed by atoms with E-state index in [2.05, 4.69) is 20.8 Å². The number of nitrogens with one attached hydrogen (secondary N) is 2. The van der Waals surface area contributed by atoms with Gasteiger partial charge in [-0.25, -0.2) is 9.47 Å². The normalized spacial score (nSPS) is 10.5. The van der Waals surface area contributed by atoms with Crippen molar-refractivity contribution >= 4 is 29.4 Å². The zero-order valence-electron chi connectivity index (χ0n) is 17.5. The third-order valence-corrected chi connectivity index (χ3v) is 5.47. The third-order valence-electron chi connectivity index (χ3n) is 4.53. The first-order valence-corrected chi connectivity index (χ1v) is 10.6. The number of aromatic nitrogens is 3. The summed E-state index contributed by atoms with van der Waals surface area (Å²) in [4.78, 5) is 24.3. The maximum atomic E-state index is 12.2. The first-order chi connectivity index (χ1) is 14.9. The van der Waals surface area contributed by atoms with Gasteiger partial charge in [0.2, 0.25) is 11.1 Å². The van der Waals surface area contributed by atoms with Crippen LogP contribution in [-0.2, 0) is 4.79 Å². The Bertz CT molecular complexity index is 1080. The van der Waals surface area contributed by atoms with E-state index in [1.165, 1.54) is 4.68 Å². The van der Waals surface area contributed by atoms with Gasteiger partial charge >= 0.3 is 6.03 Å². The van der Waals surface area contributed by atoms with Crippen LogP contribution in [0.15, 0.2) is 47.6 Å². The largest absolute Gasteiger partial charge is 0.494 e. The Labute approximate surface area is 184 Å². The molecule has 1 heterocycles. The van der Waals surface area contributed by atoms with Crippen molar-refractivity contribution in [2.24, 2.45) is 0 Å². The van der Waals surface area contributed by atoms with Crippen molar-refractivity contribution in [1.82, 2.24) is 20.2 Å². The molecule has 0 bridgehead atoms. The van der Waals surface area contributed by atoms with Gasteiger partial charge in [0.15, 0.2) is 5.82 Å². The monoisotopic (exact) mass is 440 g/mol. The topological polar surface area (TPSA) is 124 Å². The van der Waals surface area contributed by atoms with E-state index in [-0.39, 0.29) is 5.75 Å². The molecule has 0 saturated heterocycles. The Morgan fingerprint density at radius 3 is 2.58 bits per heavy atom. The van der Waals surface area contributed by atoms with Gasteiger partial charge in [-0.3, -0.25) is 10.1 Å². The van der Waals surface area contributed by atoms with E-state index in [0.29, 0.717) is 23.3 Å². The molecule has 3 amide bonds. The zero-order valence-corrected chi connectivity index (χ0v) is 18.3. The highest BCUT2D eigenvalue weighted by molar-refractivity contribution is 7.99. The Hall–Kier alpha value is -3.53. The van der Waals surface area contributed by atoms with E-state index >= 15 is 0 Å². The van der Waals surface area contributed by atoms with Crippen molar-refractivity contribution in [3.05, 3.63) is 53.6 Å². The van der Waals surface area contributed by atoms with Crippen molar-refractivity contribution in [2.75, 3.05) is 23.5 Å². The van der Waals surface area contributed by atoms with Crippen LogP contribution in [0.4, 0.5) is 10.5 Å². The number of anilines is 1. The molecule has 0 atom stereocenters. The molecule has 0 unspecified atom stereocenters. The molecule has 0 aliphatic heterocycles. The highest BCUT2D eigenvalue weighted by atomic mass is 32.2. The number of aryl methyl sites for hydroxylation is 1. The number of hydrogen-bond acceptors (Lipinski definition) is 7. The molecule has 0 saturated carbocycles. The second-order valence-corrected chi connectivity index (χ2v) is 7.61. The van der Waals surface area contributed by atoms with Crippen LogP contribution in [0.3, 0.4) is 0 Å². The van der Waals surface area contributed by atoms with E-state index in [9.17, 15) is 9.59 Å². The molecule has 3 rings (SSSR count). The van der Waals surface area contributed by atoms with Crippen molar-refractivity contribution < 1.29 is 14.3 Å². The Morgan fingerprint density at radius 1 is 1.13 bits per heavy atom. The quantitative estimate of drug-likeness (QED) is 0.381. The number of ether oxygens (including phenoxy) is 1. The van der Waals surface area contributed by atoms with E-state index in [4.69, 9.17) is 10.6 Å². The fourth-order valence-electron chi connectivity index (χ4n) is 2.77. The molecule has 0 aliphatic rings. The van der Waals surface area contributed by atoms with Crippen LogP contribution in [0.2, 0.25) is 0 Å². The van der Waals surface area contributed by atoms with Crippen LogP contribution in [0.1, 0.15) is 18.1 Å². The van der Waals surface area contributed by atoms with E-state index in [1.807, 2.05) is 57.2 Å². The maximum Gasteiger partial charge on any atom is 0.325 e. The van der Waals surface area contributed by atoms with Gasteiger partial charge in [0.1, 0.15) is 5.75 Å². The average molecular weight is 441 g/mol.